The Balaban J connectivity index is 4.67. The van der Waals surface area contributed by atoms with Crippen LogP contribution < -0.4 is 5.32 Å². The second kappa shape index (κ2) is 4.67. The number of hydrogen-bond acceptors (Lipinski definition) is 3. The first kappa shape index (κ1) is 15.9. The van der Waals surface area contributed by atoms with Crippen LogP contribution >= 0.6 is 0 Å². The summed E-state index contributed by atoms with van der Waals surface area (Å²) in [5.41, 5.74) is -2.00. The van der Waals surface area contributed by atoms with E-state index in [2.05, 4.69) is 5.32 Å². The van der Waals surface area contributed by atoms with Crippen LogP contribution in [0.25, 0.3) is 0 Å². The lowest BCUT2D eigenvalue weighted by Crippen LogP contribution is -2.54. The van der Waals surface area contributed by atoms with Crippen LogP contribution in [0.15, 0.2) is 0 Å². The number of hydrogen-bond donors (Lipinski definition) is 1. The van der Waals surface area contributed by atoms with E-state index in [0.717, 1.165) is 0 Å². The second-order valence-corrected chi connectivity index (χ2v) is 6.83. The molecule has 0 spiro atoms. The van der Waals surface area contributed by atoms with Crippen LogP contribution in [0.1, 0.15) is 55.4 Å². The van der Waals surface area contributed by atoms with E-state index in [4.69, 9.17) is 4.74 Å². The van der Waals surface area contributed by atoms with E-state index < -0.39 is 22.6 Å². The molecule has 1 amide bonds. The predicted octanol–water partition coefficient (Wildman–Crippen LogP) is 2.90. The lowest BCUT2D eigenvalue weighted by Gasteiger charge is -2.32. The number of carbonyl (C=O) groups is 2. The van der Waals surface area contributed by atoms with Crippen molar-refractivity contribution >= 4 is 11.9 Å². The predicted molar refractivity (Wildman–Crippen MR) is 67.9 cm³/mol. The highest BCUT2D eigenvalue weighted by atomic mass is 16.6. The molecule has 0 saturated carbocycles. The van der Waals surface area contributed by atoms with E-state index in [1.54, 1.807) is 34.6 Å². The number of amides is 1. The molecule has 17 heavy (non-hydrogen) atoms. The van der Waals surface area contributed by atoms with Crippen molar-refractivity contribution in [1.29, 1.82) is 0 Å². The highest BCUT2D eigenvalue weighted by molar-refractivity contribution is 5.94. The highest BCUT2D eigenvalue weighted by Crippen LogP contribution is 2.23. The number of nitrogens with one attached hydrogen (secondary N) is 1. The van der Waals surface area contributed by atoms with E-state index in [-0.39, 0.29) is 5.78 Å². The summed E-state index contributed by atoms with van der Waals surface area (Å²) in [4.78, 5) is 23.7. The molecule has 4 nitrogen and oxygen atoms in total. The zero-order valence-electron chi connectivity index (χ0n) is 12.2. The normalized spacial score (nSPS) is 13.2. The smallest absolute Gasteiger partial charge is 0.408 e. The van der Waals surface area contributed by atoms with E-state index in [9.17, 15) is 9.59 Å². The molecule has 0 radical (unpaired) electrons. The molecule has 0 unspecified atom stereocenters. The summed E-state index contributed by atoms with van der Waals surface area (Å²) in [7, 11) is 0. The van der Waals surface area contributed by atoms with Gasteiger partial charge in [0.15, 0.2) is 5.78 Å². The van der Waals surface area contributed by atoms with Gasteiger partial charge in [0.05, 0.1) is 5.54 Å². The molecule has 0 aliphatic heterocycles. The van der Waals surface area contributed by atoms with Crippen LogP contribution in [0.4, 0.5) is 4.79 Å². The first-order valence-electron chi connectivity index (χ1n) is 5.82. The largest absolute Gasteiger partial charge is 0.444 e. The fourth-order valence-electron chi connectivity index (χ4n) is 1.55. The first-order chi connectivity index (χ1) is 7.26. The quantitative estimate of drug-likeness (QED) is 0.811. The minimum absolute atomic E-state index is 0.0316. The molecule has 1 N–H and O–H groups in total. The van der Waals surface area contributed by atoms with Gasteiger partial charge in [-0.3, -0.25) is 4.79 Å². The molecule has 100 valence electrons. The van der Waals surface area contributed by atoms with Crippen molar-refractivity contribution < 1.29 is 14.3 Å². The highest BCUT2D eigenvalue weighted by Gasteiger charge is 2.38. The van der Waals surface area contributed by atoms with E-state index in [1.807, 2.05) is 20.8 Å². The number of ether oxygens (including phenoxy) is 1. The number of Topliss-reactive ketones (excluding diaryl/α,β-unsaturated/α-hetero) is 1. The Labute approximate surface area is 104 Å². The van der Waals surface area contributed by atoms with Gasteiger partial charge in [0, 0.05) is 5.41 Å². The van der Waals surface area contributed by atoms with Crippen molar-refractivity contribution in [1.82, 2.24) is 5.32 Å². The molecular formula is C13H25NO3. The van der Waals surface area contributed by atoms with Gasteiger partial charge in [-0.15, -0.1) is 0 Å². The first-order valence-corrected chi connectivity index (χ1v) is 5.82. The Bertz CT molecular complexity index is 306. The van der Waals surface area contributed by atoms with Gasteiger partial charge in [0.1, 0.15) is 5.60 Å². The van der Waals surface area contributed by atoms with Crippen molar-refractivity contribution in [2.45, 2.75) is 66.5 Å². The second-order valence-electron chi connectivity index (χ2n) is 6.83. The number of rotatable bonds is 2. The molecule has 0 bridgehead atoms. The van der Waals surface area contributed by atoms with Gasteiger partial charge in [-0.1, -0.05) is 20.8 Å². The standard InChI is InChI=1S/C13H25NO3/c1-11(2,3)9(15)13(7,8)14-10(16)17-12(4,5)6/h1-8H3,(H,14,16). The summed E-state index contributed by atoms with van der Waals surface area (Å²) in [6.45, 7) is 14.2. The average Bonchev–Trinajstić information content (AvgIpc) is 1.95. The molecule has 0 aromatic heterocycles. The van der Waals surface area contributed by atoms with Crippen LogP contribution in [-0.2, 0) is 9.53 Å². The summed E-state index contributed by atoms with van der Waals surface area (Å²) in [5, 5.41) is 2.61. The molecule has 0 atom stereocenters. The lowest BCUT2D eigenvalue weighted by atomic mass is 9.80. The van der Waals surface area contributed by atoms with E-state index in [1.165, 1.54) is 0 Å². The molecule has 0 aliphatic rings. The van der Waals surface area contributed by atoms with Gasteiger partial charge in [0.2, 0.25) is 0 Å². The van der Waals surface area contributed by atoms with Crippen LogP contribution in [0.3, 0.4) is 0 Å². The van der Waals surface area contributed by atoms with Crippen molar-refractivity contribution in [3.63, 3.8) is 0 Å². The maximum Gasteiger partial charge on any atom is 0.408 e. The van der Waals surface area contributed by atoms with Crippen molar-refractivity contribution in [2.75, 3.05) is 0 Å². The summed E-state index contributed by atoms with van der Waals surface area (Å²) in [6, 6.07) is 0. The minimum Gasteiger partial charge on any atom is -0.444 e. The molecular weight excluding hydrogens is 218 g/mol. The fourth-order valence-corrected chi connectivity index (χ4v) is 1.55. The van der Waals surface area contributed by atoms with Crippen LogP contribution in [0.2, 0.25) is 0 Å². The summed E-state index contributed by atoms with van der Waals surface area (Å²) >= 11 is 0. The SMILES string of the molecule is CC(C)(C)OC(=O)NC(C)(C)C(=O)C(C)(C)C. The van der Waals surface area contributed by atoms with E-state index in [0.29, 0.717) is 0 Å². The maximum absolute atomic E-state index is 12.1. The van der Waals surface area contributed by atoms with Crippen molar-refractivity contribution in [3.05, 3.63) is 0 Å². The van der Waals surface area contributed by atoms with Crippen LogP contribution in [0.5, 0.6) is 0 Å². The third-order valence-electron chi connectivity index (χ3n) is 2.06. The molecule has 0 saturated heterocycles. The van der Waals surface area contributed by atoms with Gasteiger partial charge in [-0.2, -0.15) is 0 Å². The van der Waals surface area contributed by atoms with Gasteiger partial charge in [-0.25, -0.2) is 4.79 Å². The fraction of sp³-hybridized carbons (Fsp3) is 0.846. The van der Waals surface area contributed by atoms with E-state index >= 15 is 0 Å². The minimum atomic E-state index is -0.930. The Hall–Kier alpha value is -1.06. The van der Waals surface area contributed by atoms with Gasteiger partial charge >= 0.3 is 6.09 Å². The third kappa shape index (κ3) is 5.71. The lowest BCUT2D eigenvalue weighted by molar-refractivity contribution is -0.131. The Kier molecular flexibility index (Phi) is 4.38. The van der Waals surface area contributed by atoms with Crippen molar-refractivity contribution in [3.8, 4) is 0 Å². The van der Waals surface area contributed by atoms with Gasteiger partial charge in [-0.05, 0) is 34.6 Å². The summed E-state index contributed by atoms with van der Waals surface area (Å²) < 4.78 is 5.13. The number of alkyl carbamates (subject to hydrolysis) is 1. The Morgan fingerprint density at radius 1 is 0.882 bits per heavy atom. The maximum atomic E-state index is 12.1. The third-order valence-corrected chi connectivity index (χ3v) is 2.06. The Morgan fingerprint density at radius 2 is 1.29 bits per heavy atom. The molecule has 0 heterocycles. The topological polar surface area (TPSA) is 55.4 Å². The zero-order chi connectivity index (χ0) is 14.1. The molecule has 0 rings (SSSR count). The molecule has 0 aromatic rings. The average molecular weight is 243 g/mol. The zero-order valence-corrected chi connectivity index (χ0v) is 12.2. The van der Waals surface area contributed by atoms with Crippen LogP contribution in [-0.4, -0.2) is 23.0 Å². The summed E-state index contributed by atoms with van der Waals surface area (Å²) in [5.74, 6) is -0.0316. The number of carbonyl (C=O) groups excluding carboxylic acids is 2. The van der Waals surface area contributed by atoms with Crippen LogP contribution in [0, 0.1) is 5.41 Å². The van der Waals surface area contributed by atoms with Crippen molar-refractivity contribution in [2.24, 2.45) is 5.41 Å². The summed E-state index contributed by atoms with van der Waals surface area (Å²) in [6.07, 6.45) is -0.569. The molecule has 0 aliphatic carbocycles. The molecule has 4 heteroatoms. The van der Waals surface area contributed by atoms with Gasteiger partial charge in [0.25, 0.3) is 0 Å². The monoisotopic (exact) mass is 243 g/mol. The Morgan fingerprint density at radius 3 is 1.59 bits per heavy atom. The van der Waals surface area contributed by atoms with Gasteiger partial charge < -0.3 is 10.1 Å². The molecule has 0 fully saturated rings. The number of ketones is 1. The molecule has 0 aromatic carbocycles.